The van der Waals surface area contributed by atoms with Gasteiger partial charge < -0.3 is 19.9 Å². The first-order chi connectivity index (χ1) is 12.3. The molecule has 0 unspecified atom stereocenters. The highest BCUT2D eigenvalue weighted by Crippen LogP contribution is 2.49. The summed E-state index contributed by atoms with van der Waals surface area (Å²) in [6, 6.07) is 5.66. The molecular formula is C17H18F3N3O3. The number of hydrogen-bond donors (Lipinski definition) is 1. The number of rotatable bonds is 3. The first kappa shape index (κ1) is 17.0. The Morgan fingerprint density at radius 2 is 1.92 bits per heavy atom. The highest BCUT2D eigenvalue weighted by atomic mass is 19.4. The van der Waals surface area contributed by atoms with E-state index < -0.39 is 6.36 Å². The number of nitrogens with zero attached hydrogens (tertiary/aromatic N) is 2. The summed E-state index contributed by atoms with van der Waals surface area (Å²) in [5.41, 5.74) is 0.842. The van der Waals surface area contributed by atoms with Gasteiger partial charge in [-0.25, -0.2) is 4.79 Å². The number of amides is 3. The highest BCUT2D eigenvalue weighted by Gasteiger charge is 2.47. The van der Waals surface area contributed by atoms with Crippen molar-refractivity contribution in [2.45, 2.75) is 24.7 Å². The third-order valence-corrected chi connectivity index (χ3v) is 5.19. The number of alkyl halides is 3. The van der Waals surface area contributed by atoms with E-state index in [1.165, 1.54) is 12.1 Å². The first-order valence-electron chi connectivity index (χ1n) is 8.51. The molecule has 3 fully saturated rings. The van der Waals surface area contributed by atoms with Crippen molar-refractivity contribution in [3.63, 3.8) is 0 Å². The topological polar surface area (TPSA) is 61.9 Å². The van der Waals surface area contributed by atoms with Crippen LogP contribution in [0.5, 0.6) is 5.75 Å². The van der Waals surface area contributed by atoms with Crippen LogP contribution in [0.25, 0.3) is 0 Å². The fraction of sp³-hybridized carbons (Fsp3) is 0.529. The number of ether oxygens (including phenoxy) is 1. The maximum Gasteiger partial charge on any atom is 0.573 e. The summed E-state index contributed by atoms with van der Waals surface area (Å²) < 4.78 is 40.5. The molecule has 3 aliphatic rings. The number of fused-ring (bicyclic) bond motifs is 1. The number of carbonyl (C=O) groups is 2. The van der Waals surface area contributed by atoms with E-state index in [2.05, 4.69) is 10.1 Å². The van der Waals surface area contributed by atoms with Crippen molar-refractivity contribution < 1.29 is 27.5 Å². The number of carbonyl (C=O) groups excluding carboxylic acids is 2. The largest absolute Gasteiger partial charge is 0.573 e. The van der Waals surface area contributed by atoms with Crippen molar-refractivity contribution in [3.8, 4) is 5.75 Å². The van der Waals surface area contributed by atoms with Gasteiger partial charge in [0.1, 0.15) is 5.75 Å². The Morgan fingerprint density at radius 1 is 1.19 bits per heavy atom. The summed E-state index contributed by atoms with van der Waals surface area (Å²) in [4.78, 5) is 27.9. The number of urea groups is 1. The minimum atomic E-state index is -4.71. The molecule has 0 bridgehead atoms. The molecular weight excluding hydrogens is 351 g/mol. The van der Waals surface area contributed by atoms with E-state index in [1.54, 1.807) is 21.9 Å². The zero-order valence-electron chi connectivity index (χ0n) is 13.8. The Hall–Kier alpha value is -2.45. The normalized spacial score (nSPS) is 27.8. The molecule has 2 heterocycles. The lowest BCUT2D eigenvalue weighted by atomic mass is 10.1. The predicted octanol–water partition coefficient (Wildman–Crippen LogP) is 1.92. The number of benzene rings is 1. The minimum Gasteiger partial charge on any atom is -0.406 e. The number of nitrogens with one attached hydrogen (secondary N) is 1. The van der Waals surface area contributed by atoms with E-state index in [1.807, 2.05) is 0 Å². The second-order valence-electron chi connectivity index (χ2n) is 6.88. The fourth-order valence-electron chi connectivity index (χ4n) is 3.79. The van der Waals surface area contributed by atoms with Crippen molar-refractivity contribution >= 4 is 11.9 Å². The molecule has 6 nitrogen and oxygen atoms in total. The van der Waals surface area contributed by atoms with Gasteiger partial charge in [-0.2, -0.15) is 0 Å². The lowest BCUT2D eigenvalue weighted by Gasteiger charge is -2.36. The maximum atomic E-state index is 12.7. The van der Waals surface area contributed by atoms with Crippen molar-refractivity contribution in [1.29, 1.82) is 0 Å². The second-order valence-corrected chi connectivity index (χ2v) is 6.88. The zero-order valence-corrected chi connectivity index (χ0v) is 13.8. The molecule has 2 saturated heterocycles. The van der Waals surface area contributed by atoms with E-state index >= 15 is 0 Å². The molecule has 3 amide bonds. The molecule has 0 spiro atoms. The Morgan fingerprint density at radius 3 is 2.62 bits per heavy atom. The van der Waals surface area contributed by atoms with Gasteiger partial charge in [-0.05, 0) is 30.0 Å². The molecule has 0 radical (unpaired) electrons. The van der Waals surface area contributed by atoms with Gasteiger partial charge in [0.25, 0.3) is 0 Å². The van der Waals surface area contributed by atoms with Crippen LogP contribution < -0.4 is 10.1 Å². The monoisotopic (exact) mass is 369 g/mol. The Kier molecular flexibility index (Phi) is 3.96. The van der Waals surface area contributed by atoms with Gasteiger partial charge in [-0.15, -0.1) is 13.2 Å². The average Bonchev–Trinajstić information content (AvgIpc) is 3.31. The van der Waals surface area contributed by atoms with Crippen molar-refractivity contribution in [2.24, 2.45) is 5.92 Å². The van der Waals surface area contributed by atoms with Gasteiger partial charge in [0, 0.05) is 32.1 Å². The minimum absolute atomic E-state index is 0.0243. The molecule has 1 aromatic carbocycles. The highest BCUT2D eigenvalue weighted by molar-refractivity contribution is 5.84. The quantitative estimate of drug-likeness (QED) is 0.886. The molecule has 1 N–H and O–H groups in total. The van der Waals surface area contributed by atoms with Gasteiger partial charge in [-0.3, -0.25) is 4.79 Å². The Bertz CT molecular complexity index is 722. The van der Waals surface area contributed by atoms with Gasteiger partial charge in [0.2, 0.25) is 5.91 Å². The maximum absolute atomic E-state index is 12.7. The molecule has 2 aliphatic heterocycles. The van der Waals surface area contributed by atoms with Crippen LogP contribution in [0.1, 0.15) is 17.9 Å². The van der Waals surface area contributed by atoms with Gasteiger partial charge >= 0.3 is 12.4 Å². The number of halogens is 3. The molecule has 140 valence electrons. The van der Waals surface area contributed by atoms with E-state index in [-0.39, 0.29) is 35.6 Å². The van der Waals surface area contributed by atoms with Gasteiger partial charge in [-0.1, -0.05) is 12.1 Å². The standard InChI is InChI=1S/C17H18F3N3O3/c18-17(19,20)26-12-3-1-10(2-4-12)13-7-14(13)15(24)22-5-6-23-11(9-22)8-21-16(23)25/h1-4,11,13-14H,5-9H2,(H,21,25)/t11-,13-,14-/m1/s1. The van der Waals surface area contributed by atoms with E-state index in [4.69, 9.17) is 0 Å². The molecule has 26 heavy (non-hydrogen) atoms. The summed E-state index contributed by atoms with van der Waals surface area (Å²) >= 11 is 0. The van der Waals surface area contributed by atoms with E-state index in [9.17, 15) is 22.8 Å². The van der Waals surface area contributed by atoms with Crippen molar-refractivity contribution in [3.05, 3.63) is 29.8 Å². The van der Waals surface area contributed by atoms with Crippen LogP contribution in [0.4, 0.5) is 18.0 Å². The molecule has 9 heteroatoms. The zero-order chi connectivity index (χ0) is 18.5. The van der Waals surface area contributed by atoms with Crippen LogP contribution >= 0.6 is 0 Å². The summed E-state index contributed by atoms with van der Waals surface area (Å²) in [5, 5.41) is 2.78. The van der Waals surface area contributed by atoms with Crippen LogP contribution in [0, 0.1) is 5.92 Å². The molecule has 0 aromatic heterocycles. The summed E-state index contributed by atoms with van der Waals surface area (Å²) in [5.74, 6) is -0.311. The molecule has 1 aromatic rings. The van der Waals surface area contributed by atoms with Crippen LogP contribution in [-0.4, -0.2) is 60.3 Å². The molecule has 1 aliphatic carbocycles. The second kappa shape index (κ2) is 6.07. The smallest absolute Gasteiger partial charge is 0.406 e. The van der Waals surface area contributed by atoms with Crippen molar-refractivity contribution in [2.75, 3.05) is 26.2 Å². The average molecular weight is 369 g/mol. The summed E-state index contributed by atoms with van der Waals surface area (Å²) in [6.07, 6.45) is -4.02. The molecule has 3 atom stereocenters. The lowest BCUT2D eigenvalue weighted by Crippen LogP contribution is -2.54. The first-order valence-corrected chi connectivity index (χ1v) is 8.51. The van der Waals surface area contributed by atoms with Gasteiger partial charge in [0.15, 0.2) is 0 Å². The Labute approximate surface area is 147 Å². The van der Waals surface area contributed by atoms with Crippen LogP contribution in [0.3, 0.4) is 0 Å². The Balaban J connectivity index is 1.35. The SMILES string of the molecule is O=C([C@@H]1C[C@@H]1c1ccc(OC(F)(F)F)cc1)N1CCN2C(=O)NC[C@@H]2C1. The van der Waals surface area contributed by atoms with Crippen LogP contribution in [0.15, 0.2) is 24.3 Å². The molecule has 4 rings (SSSR count). The fourth-order valence-corrected chi connectivity index (χ4v) is 3.79. The lowest BCUT2D eigenvalue weighted by molar-refractivity contribution is -0.274. The van der Waals surface area contributed by atoms with E-state index in [0.717, 1.165) is 5.56 Å². The predicted molar refractivity (Wildman–Crippen MR) is 84.4 cm³/mol. The molecule has 1 saturated carbocycles. The third kappa shape index (κ3) is 3.30. The summed E-state index contributed by atoms with van der Waals surface area (Å²) in [7, 11) is 0. The van der Waals surface area contributed by atoms with Crippen molar-refractivity contribution in [1.82, 2.24) is 15.1 Å². The van der Waals surface area contributed by atoms with Gasteiger partial charge in [0.05, 0.1) is 6.04 Å². The third-order valence-electron chi connectivity index (χ3n) is 5.19. The summed E-state index contributed by atoms with van der Waals surface area (Å²) in [6.45, 7) is 2.13. The number of piperazine rings is 1. The number of hydrogen-bond acceptors (Lipinski definition) is 3. The van der Waals surface area contributed by atoms with Crippen LogP contribution in [-0.2, 0) is 4.79 Å². The van der Waals surface area contributed by atoms with E-state index in [0.29, 0.717) is 32.6 Å². The van der Waals surface area contributed by atoms with Crippen LogP contribution in [0.2, 0.25) is 0 Å².